The molecule has 2 aromatic carbocycles. The van der Waals surface area contributed by atoms with Gasteiger partial charge in [0.05, 0.1) is 15.6 Å². The van der Waals surface area contributed by atoms with Gasteiger partial charge in [0.15, 0.2) is 0 Å². The Hall–Kier alpha value is -2.44. The quantitative estimate of drug-likeness (QED) is 0.760. The van der Waals surface area contributed by atoms with Gasteiger partial charge in [-0.25, -0.2) is 0 Å². The van der Waals surface area contributed by atoms with E-state index >= 15 is 0 Å². The van der Waals surface area contributed by atoms with Gasteiger partial charge in [-0.15, -0.1) is 0 Å². The van der Waals surface area contributed by atoms with E-state index in [0.717, 1.165) is 47.5 Å². The summed E-state index contributed by atoms with van der Waals surface area (Å²) in [4.78, 5) is 26.9. The molecule has 1 unspecified atom stereocenters. The third kappa shape index (κ3) is 2.19. The van der Waals surface area contributed by atoms with Crippen LogP contribution in [0.2, 0.25) is 0 Å². The maximum atomic E-state index is 12.7. The zero-order valence-corrected chi connectivity index (χ0v) is 15.3. The normalized spacial score (nSPS) is 22.3. The minimum absolute atomic E-state index is 0.0662. The standard InChI is InChI=1S/C20H19N3O2S/c1-22-16-7-6-13(10-17(16)26-19(22)25)11-23-9-8-20(12-23)14-4-2-3-5-15(14)21-18(20)24/h2-7,10H,8-9,11-12H2,1H3,(H,21,24). The van der Waals surface area contributed by atoms with Crippen molar-refractivity contribution in [3.63, 3.8) is 0 Å². The van der Waals surface area contributed by atoms with Gasteiger partial charge in [-0.3, -0.25) is 14.5 Å². The number of anilines is 1. The average molecular weight is 365 g/mol. The molecule has 0 saturated carbocycles. The monoisotopic (exact) mass is 365 g/mol. The Morgan fingerprint density at radius 2 is 2.04 bits per heavy atom. The molecule has 5 nitrogen and oxygen atoms in total. The lowest BCUT2D eigenvalue weighted by Gasteiger charge is -2.22. The first-order valence-electron chi connectivity index (χ1n) is 8.79. The Labute approximate surface area is 154 Å². The zero-order chi connectivity index (χ0) is 17.9. The summed E-state index contributed by atoms with van der Waals surface area (Å²) < 4.78 is 2.71. The van der Waals surface area contributed by atoms with Crippen LogP contribution >= 0.6 is 11.3 Å². The molecule has 0 radical (unpaired) electrons. The van der Waals surface area contributed by atoms with Crippen LogP contribution in [-0.2, 0) is 23.8 Å². The second kappa shape index (κ2) is 5.53. The lowest BCUT2D eigenvalue weighted by atomic mass is 9.81. The lowest BCUT2D eigenvalue weighted by molar-refractivity contribution is -0.120. The number of rotatable bonds is 2. The molecule has 1 fully saturated rings. The van der Waals surface area contributed by atoms with Crippen molar-refractivity contribution in [3.05, 3.63) is 63.3 Å². The number of thiazole rings is 1. The van der Waals surface area contributed by atoms with Gasteiger partial charge in [-0.05, 0) is 42.3 Å². The predicted molar refractivity (Wildman–Crippen MR) is 104 cm³/mol. The van der Waals surface area contributed by atoms with E-state index in [0.29, 0.717) is 0 Å². The third-order valence-electron chi connectivity index (χ3n) is 5.74. The summed E-state index contributed by atoms with van der Waals surface area (Å²) in [6.45, 7) is 2.42. The average Bonchev–Trinajstić information content (AvgIpc) is 3.26. The molecule has 0 bridgehead atoms. The minimum Gasteiger partial charge on any atom is -0.325 e. The number of hydrogen-bond acceptors (Lipinski definition) is 4. The Kier molecular flexibility index (Phi) is 3.36. The molecular formula is C20H19N3O2S. The largest absolute Gasteiger partial charge is 0.325 e. The Bertz CT molecular complexity index is 1100. The fraction of sp³-hybridized carbons (Fsp3) is 0.300. The van der Waals surface area contributed by atoms with Crippen molar-refractivity contribution in [2.75, 3.05) is 18.4 Å². The van der Waals surface area contributed by atoms with E-state index in [9.17, 15) is 9.59 Å². The van der Waals surface area contributed by atoms with E-state index in [2.05, 4.69) is 28.4 Å². The number of fused-ring (bicyclic) bond motifs is 3. The van der Waals surface area contributed by atoms with Gasteiger partial charge in [-0.1, -0.05) is 35.6 Å². The number of nitrogens with one attached hydrogen (secondary N) is 1. The highest BCUT2D eigenvalue weighted by Gasteiger charge is 2.50. The van der Waals surface area contributed by atoms with Crippen molar-refractivity contribution in [2.24, 2.45) is 7.05 Å². The second-order valence-electron chi connectivity index (χ2n) is 7.27. The Morgan fingerprint density at radius 1 is 1.19 bits per heavy atom. The Morgan fingerprint density at radius 3 is 2.92 bits per heavy atom. The summed E-state index contributed by atoms with van der Waals surface area (Å²) in [5.41, 5.74) is 3.83. The van der Waals surface area contributed by atoms with Crippen molar-refractivity contribution < 1.29 is 4.79 Å². The number of likely N-dealkylation sites (tertiary alicyclic amines) is 1. The molecule has 0 aliphatic carbocycles. The number of nitrogens with zero attached hydrogens (tertiary/aromatic N) is 2. The molecule has 6 heteroatoms. The zero-order valence-electron chi connectivity index (χ0n) is 14.5. The first kappa shape index (κ1) is 15.8. The summed E-state index contributed by atoms with van der Waals surface area (Å²) in [6, 6.07) is 14.2. The van der Waals surface area contributed by atoms with E-state index in [1.54, 1.807) is 11.6 Å². The summed E-state index contributed by atoms with van der Waals surface area (Å²) in [6.07, 6.45) is 0.844. The fourth-order valence-electron chi connectivity index (χ4n) is 4.34. The van der Waals surface area contributed by atoms with E-state index in [4.69, 9.17) is 0 Å². The molecule has 26 heavy (non-hydrogen) atoms. The topological polar surface area (TPSA) is 54.3 Å². The molecule has 1 N–H and O–H groups in total. The summed E-state index contributed by atoms with van der Waals surface area (Å²) >= 11 is 1.29. The number of hydrogen-bond donors (Lipinski definition) is 1. The third-order valence-corrected chi connectivity index (χ3v) is 6.73. The molecule has 1 atom stereocenters. The molecule has 3 aromatic rings. The summed E-state index contributed by atoms with van der Waals surface area (Å²) in [7, 11) is 1.81. The molecule has 3 heterocycles. The molecule has 1 saturated heterocycles. The smallest absolute Gasteiger partial charge is 0.307 e. The van der Waals surface area contributed by atoms with Crippen molar-refractivity contribution in [3.8, 4) is 0 Å². The number of para-hydroxylation sites is 1. The molecule has 1 spiro atoms. The fourth-order valence-corrected chi connectivity index (χ4v) is 5.28. The highest BCUT2D eigenvalue weighted by molar-refractivity contribution is 7.16. The van der Waals surface area contributed by atoms with Gasteiger partial charge in [-0.2, -0.15) is 0 Å². The highest BCUT2D eigenvalue weighted by Crippen LogP contribution is 2.44. The van der Waals surface area contributed by atoms with Gasteiger partial charge in [0.1, 0.15) is 0 Å². The summed E-state index contributed by atoms with van der Waals surface area (Å²) in [5.74, 6) is 0.123. The molecular weight excluding hydrogens is 346 g/mol. The SMILES string of the molecule is Cn1c(=O)sc2cc(CN3CCC4(C3)C(=O)Nc3ccccc34)ccc21. The van der Waals surface area contributed by atoms with Gasteiger partial charge < -0.3 is 9.88 Å². The number of aryl methyl sites for hydroxylation is 1. The maximum absolute atomic E-state index is 12.7. The van der Waals surface area contributed by atoms with Gasteiger partial charge in [0.25, 0.3) is 0 Å². The molecule has 1 amide bonds. The first-order valence-corrected chi connectivity index (χ1v) is 9.60. The number of carbonyl (C=O) groups is 1. The van der Waals surface area contributed by atoms with E-state index in [1.165, 1.54) is 16.9 Å². The lowest BCUT2D eigenvalue weighted by Crippen LogP contribution is -2.37. The van der Waals surface area contributed by atoms with Crippen LogP contribution in [0.25, 0.3) is 10.2 Å². The van der Waals surface area contributed by atoms with Crippen LogP contribution in [0.4, 0.5) is 5.69 Å². The second-order valence-corrected chi connectivity index (χ2v) is 8.26. The number of benzene rings is 2. The van der Waals surface area contributed by atoms with E-state index in [1.807, 2.05) is 24.3 Å². The van der Waals surface area contributed by atoms with Gasteiger partial charge >= 0.3 is 4.87 Å². The van der Waals surface area contributed by atoms with Crippen LogP contribution in [0, 0.1) is 0 Å². The molecule has 132 valence electrons. The Balaban J connectivity index is 1.42. The van der Waals surface area contributed by atoms with Gasteiger partial charge in [0.2, 0.25) is 5.91 Å². The van der Waals surface area contributed by atoms with Crippen LogP contribution in [0.1, 0.15) is 17.5 Å². The van der Waals surface area contributed by atoms with Crippen molar-refractivity contribution in [1.29, 1.82) is 0 Å². The predicted octanol–water partition coefficient (Wildman–Crippen LogP) is 2.70. The van der Waals surface area contributed by atoms with Crippen LogP contribution < -0.4 is 10.2 Å². The van der Waals surface area contributed by atoms with E-state index < -0.39 is 5.41 Å². The molecule has 2 aliphatic rings. The van der Waals surface area contributed by atoms with Gasteiger partial charge in [0, 0.05) is 25.8 Å². The van der Waals surface area contributed by atoms with E-state index in [-0.39, 0.29) is 10.8 Å². The van der Waals surface area contributed by atoms with Crippen LogP contribution in [0.5, 0.6) is 0 Å². The molecule has 5 rings (SSSR count). The van der Waals surface area contributed by atoms with Crippen molar-refractivity contribution in [1.82, 2.24) is 9.47 Å². The van der Waals surface area contributed by atoms with Crippen LogP contribution in [0.3, 0.4) is 0 Å². The highest BCUT2D eigenvalue weighted by atomic mass is 32.1. The number of carbonyl (C=O) groups excluding carboxylic acids is 1. The first-order chi connectivity index (χ1) is 12.6. The van der Waals surface area contributed by atoms with Crippen LogP contribution in [0.15, 0.2) is 47.3 Å². The minimum atomic E-state index is -0.418. The molecule has 2 aliphatic heterocycles. The number of amides is 1. The molecule has 1 aromatic heterocycles. The summed E-state index contributed by atoms with van der Waals surface area (Å²) in [5, 5.41) is 3.05. The number of aromatic nitrogens is 1. The van der Waals surface area contributed by atoms with Crippen LogP contribution in [-0.4, -0.2) is 28.5 Å². The van der Waals surface area contributed by atoms with Crippen molar-refractivity contribution >= 4 is 33.1 Å². The maximum Gasteiger partial charge on any atom is 0.307 e. The van der Waals surface area contributed by atoms with Crippen molar-refractivity contribution in [2.45, 2.75) is 18.4 Å².